The molecule has 0 spiro atoms. The molecule has 0 aliphatic rings. The maximum absolute atomic E-state index is 12.8. The first kappa shape index (κ1) is 47.7. The molecule has 0 heterocycles. The molecule has 1 N–H and O–H groups in total. The fourth-order valence-corrected chi connectivity index (χ4v) is 6.18. The van der Waals surface area contributed by atoms with Crippen LogP contribution in [0.1, 0.15) is 168 Å². The van der Waals surface area contributed by atoms with Gasteiger partial charge in [-0.15, -0.1) is 0 Å². The molecule has 0 aromatic heterocycles. The van der Waals surface area contributed by atoms with Gasteiger partial charge >= 0.3 is 0 Å². The molecule has 9 heteroatoms. The van der Waals surface area contributed by atoms with E-state index in [1.165, 1.54) is 166 Å². The van der Waals surface area contributed by atoms with Crippen LogP contribution in [0.4, 0.5) is 0 Å². The summed E-state index contributed by atoms with van der Waals surface area (Å²) in [7, 11) is 2.97. The van der Waals surface area contributed by atoms with Gasteiger partial charge in [-0.1, -0.05) is 155 Å². The summed E-state index contributed by atoms with van der Waals surface area (Å²) in [5.74, 6) is -0.480. The summed E-state index contributed by atoms with van der Waals surface area (Å²) in [5, 5.41) is 3.05. The van der Waals surface area contributed by atoms with Crippen LogP contribution < -0.4 is 5.32 Å². The van der Waals surface area contributed by atoms with Crippen LogP contribution in [0, 0.1) is 0 Å². The van der Waals surface area contributed by atoms with E-state index in [1.54, 1.807) is 7.11 Å². The Bertz CT molecular complexity index is 671. The van der Waals surface area contributed by atoms with Crippen LogP contribution in [0.3, 0.4) is 0 Å². The minimum atomic E-state index is -0.312. The van der Waals surface area contributed by atoms with Crippen molar-refractivity contribution in [3.8, 4) is 0 Å². The Hall–Kier alpha value is -1.26. The first-order valence-corrected chi connectivity index (χ1v) is 20.6. The molecule has 0 aromatic rings. The van der Waals surface area contributed by atoms with Gasteiger partial charge in [-0.25, -0.2) is 9.78 Å². The molecule has 2 amide bonds. The third-order valence-electron chi connectivity index (χ3n) is 9.33. The molecule has 292 valence electrons. The van der Waals surface area contributed by atoms with E-state index in [2.05, 4.69) is 29.0 Å². The highest BCUT2D eigenvalue weighted by Gasteiger charge is 2.18. The van der Waals surface area contributed by atoms with E-state index in [-0.39, 0.29) is 25.0 Å². The van der Waals surface area contributed by atoms with Crippen LogP contribution in [-0.2, 0) is 28.8 Å². The number of ether oxygens (including phenoxy) is 2. The molecule has 0 fully saturated rings. The van der Waals surface area contributed by atoms with Gasteiger partial charge in [0.1, 0.15) is 0 Å². The van der Waals surface area contributed by atoms with Crippen molar-refractivity contribution in [3.05, 3.63) is 0 Å². The monoisotopic (exact) mass is 700 g/mol. The highest BCUT2D eigenvalue weighted by atomic mass is 17.2. The number of hydrogen-bond acceptors (Lipinski definition) is 7. The summed E-state index contributed by atoms with van der Waals surface area (Å²) >= 11 is 0. The smallest absolute Gasteiger partial charge is 0.252 e. The maximum atomic E-state index is 12.8. The summed E-state index contributed by atoms with van der Waals surface area (Å²) < 4.78 is 10.5. The van der Waals surface area contributed by atoms with E-state index in [9.17, 15) is 9.59 Å². The van der Waals surface area contributed by atoms with Gasteiger partial charge in [-0.05, 0) is 25.9 Å². The SMILES string of the molecule is CCCCCCCCCCCCCCN(CCCCCCCCCCCCCC)CCNC(=O)CN(CCOCCOC)C(=O)COOC. The van der Waals surface area contributed by atoms with E-state index in [0.29, 0.717) is 32.9 Å². The lowest BCUT2D eigenvalue weighted by Gasteiger charge is -2.24. The topological polar surface area (TPSA) is 89.6 Å². The Labute approximate surface area is 303 Å². The first-order chi connectivity index (χ1) is 24.1. The van der Waals surface area contributed by atoms with Gasteiger partial charge in [-0.3, -0.25) is 9.59 Å². The van der Waals surface area contributed by atoms with E-state index in [4.69, 9.17) is 14.4 Å². The van der Waals surface area contributed by atoms with Crippen molar-refractivity contribution in [1.82, 2.24) is 15.1 Å². The standard InChI is InChI=1S/C40H81N3O6/c1-5-7-9-11-13-15-17-19-21-23-25-27-30-42(31-28-26-24-22-20-18-16-14-12-10-8-6-2)32-29-41-39(44)37-43(40(45)38-49-47-4)33-34-48-36-35-46-3/h5-38H2,1-4H3,(H,41,44). The largest absolute Gasteiger partial charge is 0.382 e. The van der Waals surface area contributed by atoms with Crippen molar-refractivity contribution in [3.63, 3.8) is 0 Å². The van der Waals surface area contributed by atoms with Gasteiger partial charge in [0, 0.05) is 26.7 Å². The zero-order chi connectivity index (χ0) is 35.9. The van der Waals surface area contributed by atoms with Crippen LogP contribution in [0.5, 0.6) is 0 Å². The molecule has 9 nitrogen and oxygen atoms in total. The molecule has 49 heavy (non-hydrogen) atoms. The number of carbonyl (C=O) groups is 2. The van der Waals surface area contributed by atoms with Gasteiger partial charge in [0.15, 0.2) is 6.61 Å². The molecule has 0 bridgehead atoms. The molecule has 0 unspecified atom stereocenters. The van der Waals surface area contributed by atoms with Gasteiger partial charge in [0.2, 0.25) is 5.91 Å². The number of nitrogens with one attached hydrogen (secondary N) is 1. The van der Waals surface area contributed by atoms with Crippen LogP contribution in [0.25, 0.3) is 0 Å². The van der Waals surface area contributed by atoms with Crippen LogP contribution in [0.2, 0.25) is 0 Å². The number of amides is 2. The maximum Gasteiger partial charge on any atom is 0.252 e. The third-order valence-corrected chi connectivity index (χ3v) is 9.33. The molecule has 0 atom stereocenters. The number of methoxy groups -OCH3 is 1. The summed E-state index contributed by atoms with van der Waals surface area (Å²) in [6.07, 6.45) is 32.5. The Morgan fingerprint density at radius 3 is 1.41 bits per heavy atom. The average Bonchev–Trinajstić information content (AvgIpc) is 3.10. The lowest BCUT2D eigenvalue weighted by molar-refractivity contribution is -0.269. The zero-order valence-corrected chi connectivity index (χ0v) is 32.9. The number of hydrogen-bond donors (Lipinski definition) is 1. The van der Waals surface area contributed by atoms with Crippen molar-refractivity contribution < 1.29 is 28.8 Å². The van der Waals surface area contributed by atoms with Gasteiger partial charge in [-0.2, -0.15) is 0 Å². The molecule has 0 aromatic carbocycles. The molecule has 0 aliphatic heterocycles. The first-order valence-electron chi connectivity index (χ1n) is 20.6. The van der Waals surface area contributed by atoms with Crippen molar-refractivity contribution in [2.24, 2.45) is 0 Å². The number of nitrogens with zero attached hydrogens (tertiary/aromatic N) is 2. The molecule has 0 radical (unpaired) electrons. The van der Waals surface area contributed by atoms with Crippen LogP contribution >= 0.6 is 0 Å². The number of unbranched alkanes of at least 4 members (excludes halogenated alkanes) is 22. The second-order valence-corrected chi connectivity index (χ2v) is 13.8. The van der Waals surface area contributed by atoms with Crippen LogP contribution in [0.15, 0.2) is 0 Å². The normalized spacial score (nSPS) is 11.4. The van der Waals surface area contributed by atoms with E-state index >= 15 is 0 Å². The summed E-state index contributed by atoms with van der Waals surface area (Å²) in [4.78, 5) is 38.8. The fourth-order valence-electron chi connectivity index (χ4n) is 6.18. The molecular formula is C40H81N3O6. The summed E-state index contributed by atoms with van der Waals surface area (Å²) in [6, 6.07) is 0. The predicted molar refractivity (Wildman–Crippen MR) is 204 cm³/mol. The fraction of sp³-hybridized carbons (Fsp3) is 0.950. The lowest BCUT2D eigenvalue weighted by Crippen LogP contribution is -2.45. The average molecular weight is 700 g/mol. The number of carbonyl (C=O) groups excluding carboxylic acids is 2. The Morgan fingerprint density at radius 1 is 0.531 bits per heavy atom. The van der Waals surface area contributed by atoms with Crippen molar-refractivity contribution in [1.29, 1.82) is 0 Å². The quantitative estimate of drug-likeness (QED) is 0.0388. The second-order valence-electron chi connectivity index (χ2n) is 13.8. The van der Waals surface area contributed by atoms with Gasteiger partial charge < -0.3 is 24.6 Å². The van der Waals surface area contributed by atoms with Crippen molar-refractivity contribution in [2.45, 2.75) is 168 Å². The molecule has 0 rings (SSSR count). The minimum absolute atomic E-state index is 0.0307. The van der Waals surface area contributed by atoms with E-state index in [1.807, 2.05) is 0 Å². The molecule has 0 saturated carbocycles. The molecule has 0 aliphatic carbocycles. The van der Waals surface area contributed by atoms with E-state index < -0.39 is 0 Å². The van der Waals surface area contributed by atoms with Crippen molar-refractivity contribution >= 4 is 11.8 Å². The number of rotatable bonds is 40. The second kappa shape index (κ2) is 39.5. The summed E-state index contributed by atoms with van der Waals surface area (Å²) in [6.45, 7) is 9.42. The zero-order valence-electron chi connectivity index (χ0n) is 32.9. The summed E-state index contributed by atoms with van der Waals surface area (Å²) in [5.41, 5.74) is 0. The Morgan fingerprint density at radius 2 is 0.980 bits per heavy atom. The van der Waals surface area contributed by atoms with E-state index in [0.717, 1.165) is 19.6 Å². The van der Waals surface area contributed by atoms with Crippen LogP contribution in [-0.4, -0.2) is 102 Å². The Balaban J connectivity index is 4.51. The highest BCUT2D eigenvalue weighted by Crippen LogP contribution is 2.14. The van der Waals surface area contributed by atoms with Crippen molar-refractivity contribution in [2.75, 3.05) is 79.9 Å². The molecule has 0 saturated heterocycles. The van der Waals surface area contributed by atoms with Gasteiger partial charge in [0.25, 0.3) is 5.91 Å². The lowest BCUT2D eigenvalue weighted by atomic mass is 10.0. The Kier molecular flexibility index (Phi) is 38.5. The minimum Gasteiger partial charge on any atom is -0.382 e. The highest BCUT2D eigenvalue weighted by molar-refractivity contribution is 5.85. The predicted octanol–water partition coefficient (Wildman–Crippen LogP) is 8.88. The van der Waals surface area contributed by atoms with Gasteiger partial charge in [0.05, 0.1) is 33.5 Å². The third kappa shape index (κ3) is 34.9. The molecular weight excluding hydrogens is 618 g/mol.